The van der Waals surface area contributed by atoms with E-state index in [1.807, 2.05) is 0 Å². The van der Waals surface area contributed by atoms with Crippen LogP contribution in [-0.4, -0.2) is 31.8 Å². The third kappa shape index (κ3) is 2.59. The molecule has 3 aliphatic carbocycles. The first-order valence-electron chi connectivity index (χ1n) is 8.54. The van der Waals surface area contributed by atoms with E-state index in [-0.39, 0.29) is 12.1 Å². The van der Waals surface area contributed by atoms with Crippen LogP contribution < -0.4 is 10.6 Å². The van der Waals surface area contributed by atoms with Crippen molar-refractivity contribution >= 4 is 11.8 Å². The van der Waals surface area contributed by atoms with E-state index in [0.717, 1.165) is 12.0 Å². The van der Waals surface area contributed by atoms with Crippen molar-refractivity contribution in [1.29, 1.82) is 0 Å². The van der Waals surface area contributed by atoms with Gasteiger partial charge in [-0.15, -0.1) is 0 Å². The number of nitrogens with one attached hydrogen (secondary N) is 2. The van der Waals surface area contributed by atoms with Crippen molar-refractivity contribution in [3.8, 4) is 5.95 Å². The number of amides is 2. The molecule has 0 saturated heterocycles. The van der Waals surface area contributed by atoms with Gasteiger partial charge in [0.15, 0.2) is 0 Å². The maximum atomic E-state index is 12.4. The number of rotatable bonds is 3. The predicted molar refractivity (Wildman–Crippen MR) is 94.2 cm³/mol. The summed E-state index contributed by atoms with van der Waals surface area (Å²) in [5.74, 6) is 2.08. The zero-order valence-electron chi connectivity index (χ0n) is 14.4. The average molecular weight is 338 g/mol. The molecular weight excluding hydrogens is 316 g/mol. The number of nitrogens with zero attached hydrogens (tertiary/aromatic N) is 4. The van der Waals surface area contributed by atoms with Crippen LogP contribution in [0.3, 0.4) is 0 Å². The molecule has 7 nitrogen and oxygen atoms in total. The van der Waals surface area contributed by atoms with E-state index in [0.29, 0.717) is 29.0 Å². The van der Waals surface area contributed by atoms with Crippen molar-refractivity contribution in [3.05, 3.63) is 42.9 Å². The van der Waals surface area contributed by atoms with Crippen LogP contribution in [0.2, 0.25) is 0 Å². The van der Waals surface area contributed by atoms with Crippen molar-refractivity contribution in [1.82, 2.24) is 25.1 Å². The number of urea groups is 1. The number of fused-ring (bicyclic) bond motifs is 2. The molecule has 2 heterocycles. The van der Waals surface area contributed by atoms with Gasteiger partial charge in [-0.2, -0.15) is 9.78 Å². The number of hydrogen-bond donors (Lipinski definition) is 2. The molecule has 5 rings (SSSR count). The third-order valence-electron chi connectivity index (χ3n) is 5.82. The van der Waals surface area contributed by atoms with E-state index >= 15 is 0 Å². The molecule has 2 aromatic heterocycles. The Labute approximate surface area is 146 Å². The Hall–Kier alpha value is -2.70. The highest BCUT2D eigenvalue weighted by Gasteiger charge is 2.54. The zero-order valence-corrected chi connectivity index (χ0v) is 14.4. The third-order valence-corrected chi connectivity index (χ3v) is 5.82. The summed E-state index contributed by atoms with van der Waals surface area (Å²) in [5, 5.41) is 10.1. The van der Waals surface area contributed by atoms with Gasteiger partial charge in [0, 0.05) is 18.5 Å². The molecule has 2 N–H and O–H groups in total. The van der Waals surface area contributed by atoms with E-state index in [4.69, 9.17) is 0 Å². The first-order valence-corrected chi connectivity index (χ1v) is 8.54. The van der Waals surface area contributed by atoms with Crippen molar-refractivity contribution in [2.24, 2.45) is 17.3 Å². The van der Waals surface area contributed by atoms with E-state index in [2.05, 4.69) is 46.1 Å². The van der Waals surface area contributed by atoms with Crippen LogP contribution in [0, 0.1) is 17.3 Å². The second-order valence-electron chi connectivity index (χ2n) is 7.45. The highest BCUT2D eigenvalue weighted by molar-refractivity contribution is 5.89. The summed E-state index contributed by atoms with van der Waals surface area (Å²) in [6.45, 7) is 8.84. The van der Waals surface area contributed by atoms with Crippen LogP contribution in [-0.2, 0) is 0 Å². The molecule has 25 heavy (non-hydrogen) atoms. The Bertz CT molecular complexity index is 812. The highest BCUT2D eigenvalue weighted by atomic mass is 16.2. The Morgan fingerprint density at radius 2 is 2.04 bits per heavy atom. The van der Waals surface area contributed by atoms with Gasteiger partial charge >= 0.3 is 6.03 Å². The van der Waals surface area contributed by atoms with Gasteiger partial charge in [-0.3, -0.25) is 5.32 Å². The molecule has 3 aliphatic rings. The lowest BCUT2D eigenvalue weighted by molar-refractivity contribution is -0.0367. The lowest BCUT2D eigenvalue weighted by Crippen LogP contribution is -2.57. The Balaban J connectivity index is 1.43. The maximum absolute atomic E-state index is 12.4. The van der Waals surface area contributed by atoms with Crippen molar-refractivity contribution in [2.45, 2.75) is 32.7 Å². The quantitative estimate of drug-likeness (QED) is 0.843. The Kier molecular flexibility index (Phi) is 3.59. The molecule has 2 amide bonds. The predicted octanol–water partition coefficient (Wildman–Crippen LogP) is 2.77. The summed E-state index contributed by atoms with van der Waals surface area (Å²) in [6, 6.07) is 3.21. The monoisotopic (exact) mass is 338 g/mol. The van der Waals surface area contributed by atoms with Gasteiger partial charge in [0.25, 0.3) is 5.95 Å². The van der Waals surface area contributed by atoms with Crippen LogP contribution in [0.4, 0.5) is 10.6 Å². The number of carbonyl (C=O) groups is 1. The van der Waals surface area contributed by atoms with E-state index in [1.165, 1.54) is 11.1 Å². The van der Waals surface area contributed by atoms with Crippen LogP contribution in [0.15, 0.2) is 42.9 Å². The molecular formula is C18H22N6O. The van der Waals surface area contributed by atoms with E-state index in [1.54, 1.807) is 30.7 Å². The maximum Gasteiger partial charge on any atom is 0.320 e. The molecule has 3 fully saturated rings. The number of hydrogen-bond acceptors (Lipinski definition) is 4. The van der Waals surface area contributed by atoms with Crippen molar-refractivity contribution in [2.75, 3.05) is 5.32 Å². The fourth-order valence-electron chi connectivity index (χ4n) is 4.14. The van der Waals surface area contributed by atoms with Gasteiger partial charge in [0.2, 0.25) is 0 Å². The second-order valence-corrected chi connectivity index (χ2v) is 7.45. The average Bonchev–Trinajstić information content (AvgIpc) is 3.05. The summed E-state index contributed by atoms with van der Waals surface area (Å²) in [4.78, 5) is 20.7. The molecule has 3 saturated carbocycles. The molecule has 3 atom stereocenters. The SMILES string of the molecule is C=C1C(NC(=O)Nc2ccnn2-c2ncccn2)C[C@H]2C[C@@H]1C2(C)C. The molecule has 130 valence electrons. The second kappa shape index (κ2) is 5.68. The normalized spacial score (nSPS) is 26.6. The fourth-order valence-corrected chi connectivity index (χ4v) is 4.14. The standard InChI is InChI=1S/C18H22N6O/c1-11-13-9-12(18(13,2)3)10-14(11)22-17(25)23-15-5-8-21-24(15)16-19-6-4-7-20-16/h4-8,12-14H,1,9-10H2,2-3H3,(H2,22,23,25)/t12-,13+,14?/m1/s1. The molecule has 0 aromatic carbocycles. The number of aromatic nitrogens is 4. The van der Waals surface area contributed by atoms with E-state index in [9.17, 15) is 4.79 Å². The number of carbonyl (C=O) groups excluding carboxylic acids is 1. The first kappa shape index (κ1) is 15.8. The Morgan fingerprint density at radius 1 is 1.28 bits per heavy atom. The minimum Gasteiger partial charge on any atom is -0.331 e. The summed E-state index contributed by atoms with van der Waals surface area (Å²) in [5.41, 5.74) is 1.46. The molecule has 0 spiro atoms. The molecule has 1 unspecified atom stereocenters. The minimum absolute atomic E-state index is 0.0288. The lowest BCUT2D eigenvalue weighted by atomic mass is 9.46. The van der Waals surface area contributed by atoms with Crippen molar-refractivity contribution < 1.29 is 4.79 Å². The van der Waals surface area contributed by atoms with Gasteiger partial charge in [0.05, 0.1) is 12.2 Å². The first-order chi connectivity index (χ1) is 12.0. The molecule has 0 aliphatic heterocycles. The van der Waals surface area contributed by atoms with Gasteiger partial charge < -0.3 is 5.32 Å². The van der Waals surface area contributed by atoms with Gasteiger partial charge in [0.1, 0.15) is 5.82 Å². The lowest BCUT2D eigenvalue weighted by Gasteiger charge is -2.59. The molecule has 2 aromatic rings. The molecule has 0 radical (unpaired) electrons. The zero-order chi connectivity index (χ0) is 17.6. The molecule has 7 heteroatoms. The van der Waals surface area contributed by atoms with Gasteiger partial charge in [-0.1, -0.05) is 26.0 Å². The van der Waals surface area contributed by atoms with Crippen LogP contribution >= 0.6 is 0 Å². The summed E-state index contributed by atoms with van der Waals surface area (Å²) in [6.07, 6.45) is 7.02. The topological polar surface area (TPSA) is 84.7 Å². The fraction of sp³-hybridized carbons (Fsp3) is 0.444. The van der Waals surface area contributed by atoms with Crippen LogP contribution in [0.5, 0.6) is 0 Å². The molecule has 2 bridgehead atoms. The largest absolute Gasteiger partial charge is 0.331 e. The van der Waals surface area contributed by atoms with E-state index < -0.39 is 0 Å². The van der Waals surface area contributed by atoms with Crippen molar-refractivity contribution in [3.63, 3.8) is 0 Å². The summed E-state index contributed by atoms with van der Waals surface area (Å²) >= 11 is 0. The smallest absolute Gasteiger partial charge is 0.320 e. The summed E-state index contributed by atoms with van der Waals surface area (Å²) in [7, 11) is 0. The van der Waals surface area contributed by atoms with Gasteiger partial charge in [-0.05, 0) is 36.2 Å². The Morgan fingerprint density at radius 3 is 2.72 bits per heavy atom. The van der Waals surface area contributed by atoms with Crippen LogP contribution in [0.1, 0.15) is 26.7 Å². The van der Waals surface area contributed by atoms with Crippen LogP contribution in [0.25, 0.3) is 5.95 Å². The number of anilines is 1. The highest BCUT2D eigenvalue weighted by Crippen LogP contribution is 2.60. The van der Waals surface area contributed by atoms with Gasteiger partial charge in [-0.25, -0.2) is 14.8 Å². The minimum atomic E-state index is -0.261. The summed E-state index contributed by atoms with van der Waals surface area (Å²) < 4.78 is 1.50.